The van der Waals surface area contributed by atoms with Crippen LogP contribution in [0.4, 0.5) is 5.69 Å². The highest BCUT2D eigenvalue weighted by Crippen LogP contribution is 2.18. The molecule has 9 heteroatoms. The quantitative estimate of drug-likeness (QED) is 0.504. The minimum absolute atomic E-state index is 0.0196. The normalized spacial score (nSPS) is 12.5. The number of hydrogen-bond acceptors (Lipinski definition) is 4. The van der Waals surface area contributed by atoms with Gasteiger partial charge in [0.1, 0.15) is 6.04 Å². The van der Waals surface area contributed by atoms with Gasteiger partial charge in [0.2, 0.25) is 10.0 Å². The summed E-state index contributed by atoms with van der Waals surface area (Å²) >= 11 is 11.6. The van der Waals surface area contributed by atoms with E-state index in [9.17, 15) is 18.3 Å². The molecule has 2 aromatic rings. The van der Waals surface area contributed by atoms with Crippen LogP contribution in [0.3, 0.4) is 0 Å². The first-order valence-corrected chi connectivity index (χ1v) is 11.6. The van der Waals surface area contributed by atoms with Crippen LogP contribution in [0.1, 0.15) is 11.1 Å². The highest BCUT2D eigenvalue weighted by atomic mass is 35.5. The number of anilines is 1. The van der Waals surface area contributed by atoms with Gasteiger partial charge in [0, 0.05) is 30.5 Å². The Morgan fingerprint density at radius 1 is 1.03 bits per heavy atom. The van der Waals surface area contributed by atoms with Gasteiger partial charge in [-0.1, -0.05) is 29.8 Å². The van der Waals surface area contributed by atoms with E-state index in [0.29, 0.717) is 30.4 Å². The van der Waals surface area contributed by atoms with Gasteiger partial charge < -0.3 is 10.0 Å². The Labute approximate surface area is 181 Å². The first-order valence-electron chi connectivity index (χ1n) is 9.04. The number of carboxylic acids is 1. The summed E-state index contributed by atoms with van der Waals surface area (Å²) < 4.78 is 27.3. The van der Waals surface area contributed by atoms with Crippen molar-refractivity contribution in [1.82, 2.24) is 4.72 Å². The second-order valence-corrected chi connectivity index (χ2v) is 9.03. The van der Waals surface area contributed by atoms with E-state index >= 15 is 0 Å². The third-order valence-electron chi connectivity index (χ3n) is 4.38. The Hall–Kier alpha value is -1.80. The van der Waals surface area contributed by atoms with Crippen molar-refractivity contribution in [1.29, 1.82) is 0 Å². The van der Waals surface area contributed by atoms with Crippen LogP contribution in [-0.2, 0) is 21.2 Å². The van der Waals surface area contributed by atoms with Gasteiger partial charge in [-0.15, -0.1) is 23.2 Å². The Kier molecular flexibility index (Phi) is 8.77. The topological polar surface area (TPSA) is 86.7 Å². The number of alkyl halides is 2. The van der Waals surface area contributed by atoms with Crippen LogP contribution in [-0.4, -0.2) is 50.4 Å². The molecule has 158 valence electrons. The van der Waals surface area contributed by atoms with Crippen molar-refractivity contribution in [2.75, 3.05) is 29.7 Å². The van der Waals surface area contributed by atoms with Crippen LogP contribution in [0.5, 0.6) is 0 Å². The summed E-state index contributed by atoms with van der Waals surface area (Å²) in [7, 11) is -3.95. The minimum Gasteiger partial charge on any atom is -0.480 e. The summed E-state index contributed by atoms with van der Waals surface area (Å²) in [5, 5.41) is 9.51. The minimum atomic E-state index is -3.95. The summed E-state index contributed by atoms with van der Waals surface area (Å²) in [5.74, 6) is -0.322. The zero-order valence-electron chi connectivity index (χ0n) is 16.0. The maximum Gasteiger partial charge on any atom is 0.322 e. The molecule has 2 rings (SSSR count). The lowest BCUT2D eigenvalue weighted by molar-refractivity contribution is -0.138. The number of carboxylic acid groups (broad SMARTS) is 1. The molecule has 1 atom stereocenters. The smallest absolute Gasteiger partial charge is 0.322 e. The molecule has 6 nitrogen and oxygen atoms in total. The third kappa shape index (κ3) is 6.89. The van der Waals surface area contributed by atoms with Gasteiger partial charge in [-0.2, -0.15) is 4.72 Å². The van der Waals surface area contributed by atoms with Crippen LogP contribution >= 0.6 is 23.2 Å². The molecule has 0 saturated heterocycles. The van der Waals surface area contributed by atoms with Crippen LogP contribution in [0.2, 0.25) is 0 Å². The molecule has 2 aromatic carbocycles. The maximum atomic E-state index is 12.5. The van der Waals surface area contributed by atoms with Gasteiger partial charge in [0.05, 0.1) is 4.90 Å². The third-order valence-corrected chi connectivity index (χ3v) is 6.20. The number of carbonyl (C=O) groups is 1. The summed E-state index contributed by atoms with van der Waals surface area (Å²) in [4.78, 5) is 13.7. The van der Waals surface area contributed by atoms with E-state index in [2.05, 4.69) is 4.72 Å². The molecule has 0 aromatic heterocycles. The molecule has 0 fully saturated rings. The monoisotopic (exact) mass is 458 g/mol. The molecule has 0 saturated carbocycles. The van der Waals surface area contributed by atoms with Crippen molar-refractivity contribution in [2.24, 2.45) is 0 Å². The van der Waals surface area contributed by atoms with Gasteiger partial charge in [0.25, 0.3) is 0 Å². The van der Waals surface area contributed by atoms with E-state index in [1.54, 1.807) is 24.3 Å². The molecule has 0 amide bonds. The second-order valence-electron chi connectivity index (χ2n) is 6.56. The largest absolute Gasteiger partial charge is 0.480 e. The molecule has 0 aliphatic carbocycles. The fourth-order valence-electron chi connectivity index (χ4n) is 2.80. The Balaban J connectivity index is 2.14. The lowest BCUT2D eigenvalue weighted by Crippen LogP contribution is -2.42. The van der Waals surface area contributed by atoms with Crippen LogP contribution < -0.4 is 9.62 Å². The van der Waals surface area contributed by atoms with Gasteiger partial charge in [-0.05, 0) is 43.2 Å². The van der Waals surface area contributed by atoms with Gasteiger partial charge in [0.15, 0.2) is 0 Å². The lowest BCUT2D eigenvalue weighted by Gasteiger charge is -2.23. The van der Waals surface area contributed by atoms with Crippen molar-refractivity contribution in [3.63, 3.8) is 0 Å². The van der Waals surface area contributed by atoms with E-state index in [4.69, 9.17) is 23.2 Å². The van der Waals surface area contributed by atoms with Crippen molar-refractivity contribution in [3.8, 4) is 0 Å². The number of sulfonamides is 1. The lowest BCUT2D eigenvalue weighted by atomic mass is 10.1. The number of hydrogen-bond donors (Lipinski definition) is 2. The molecular formula is C20H24Cl2N2O4S. The van der Waals surface area contributed by atoms with Crippen LogP contribution in [0.15, 0.2) is 53.4 Å². The van der Waals surface area contributed by atoms with Gasteiger partial charge >= 0.3 is 5.97 Å². The first-order chi connectivity index (χ1) is 13.8. The Morgan fingerprint density at radius 2 is 1.59 bits per heavy atom. The van der Waals surface area contributed by atoms with Gasteiger partial charge in [-0.25, -0.2) is 8.42 Å². The Bertz CT molecular complexity index is 897. The average Bonchev–Trinajstić information content (AvgIpc) is 2.68. The summed E-state index contributed by atoms with van der Waals surface area (Å²) in [6, 6.07) is 12.2. The number of nitrogens with one attached hydrogen (secondary N) is 1. The number of halogens is 2. The van der Waals surface area contributed by atoms with Crippen molar-refractivity contribution in [2.45, 2.75) is 24.3 Å². The molecule has 0 unspecified atom stereocenters. The van der Waals surface area contributed by atoms with E-state index in [1.807, 2.05) is 24.0 Å². The van der Waals surface area contributed by atoms with Crippen molar-refractivity contribution >= 4 is 44.9 Å². The van der Waals surface area contributed by atoms with E-state index < -0.39 is 22.0 Å². The number of aliphatic carboxylic acids is 1. The number of rotatable bonds is 11. The molecule has 29 heavy (non-hydrogen) atoms. The van der Waals surface area contributed by atoms with Gasteiger partial charge in [-0.3, -0.25) is 4.79 Å². The zero-order chi connectivity index (χ0) is 21.4. The molecule has 0 radical (unpaired) electrons. The zero-order valence-corrected chi connectivity index (χ0v) is 18.3. The van der Waals surface area contributed by atoms with E-state index in [0.717, 1.165) is 11.3 Å². The van der Waals surface area contributed by atoms with Crippen molar-refractivity contribution in [3.05, 3.63) is 59.7 Å². The molecular weight excluding hydrogens is 435 g/mol. The fraction of sp³-hybridized carbons (Fsp3) is 0.350. The molecule has 0 aliphatic heterocycles. The highest BCUT2D eigenvalue weighted by molar-refractivity contribution is 7.89. The fourth-order valence-corrected chi connectivity index (χ4v) is 4.40. The van der Waals surface area contributed by atoms with Crippen LogP contribution in [0.25, 0.3) is 0 Å². The second kappa shape index (κ2) is 10.8. The first kappa shape index (κ1) is 23.5. The maximum absolute atomic E-state index is 12.5. The van der Waals surface area contributed by atoms with Crippen LogP contribution in [0, 0.1) is 6.92 Å². The number of aryl methyl sites for hydroxylation is 1. The average molecular weight is 459 g/mol. The SMILES string of the molecule is Cc1ccc(S(=O)(=O)N[C@@H](Cc2ccc(N(CCCl)CCCl)cc2)C(=O)O)cc1. The predicted molar refractivity (Wildman–Crippen MR) is 117 cm³/mol. The molecule has 0 aliphatic rings. The molecule has 0 bridgehead atoms. The predicted octanol–water partition coefficient (Wildman–Crippen LogP) is 3.25. The summed E-state index contributed by atoms with van der Waals surface area (Å²) in [5.41, 5.74) is 2.53. The standard InChI is InChI=1S/C20H24Cl2N2O4S/c1-15-2-8-18(9-3-15)29(27,28)23-19(20(25)26)14-16-4-6-17(7-5-16)24(12-10-21)13-11-22/h2-9,19,23H,10-14H2,1H3,(H,25,26)/t19-/m0/s1. The Morgan fingerprint density at radius 3 is 2.07 bits per heavy atom. The highest BCUT2D eigenvalue weighted by Gasteiger charge is 2.25. The summed E-state index contributed by atoms with van der Waals surface area (Å²) in [6.07, 6.45) is 0.0196. The number of nitrogens with zero attached hydrogens (tertiary/aromatic N) is 1. The van der Waals surface area contributed by atoms with E-state index in [1.165, 1.54) is 12.1 Å². The molecule has 0 spiro atoms. The molecule has 2 N–H and O–H groups in total. The molecule has 0 heterocycles. The number of benzene rings is 2. The van der Waals surface area contributed by atoms with Crippen molar-refractivity contribution < 1.29 is 18.3 Å². The van der Waals surface area contributed by atoms with E-state index in [-0.39, 0.29) is 11.3 Å². The summed E-state index contributed by atoms with van der Waals surface area (Å²) in [6.45, 7) is 3.12.